The van der Waals surface area contributed by atoms with Crippen LogP contribution < -0.4 is 5.32 Å². The Bertz CT molecular complexity index is 448. The number of rotatable bonds is 9. The number of benzene rings is 1. The Balaban J connectivity index is 1.94. The van der Waals surface area contributed by atoms with Gasteiger partial charge in [-0.15, -0.1) is 0 Å². The summed E-state index contributed by atoms with van der Waals surface area (Å²) >= 11 is 0. The lowest BCUT2D eigenvalue weighted by molar-refractivity contribution is 0.132. The van der Waals surface area contributed by atoms with Gasteiger partial charge in [0.1, 0.15) is 0 Å². The van der Waals surface area contributed by atoms with Crippen molar-refractivity contribution >= 4 is 0 Å². The number of aromatic nitrogens is 1. The van der Waals surface area contributed by atoms with E-state index in [1.807, 2.05) is 24.4 Å². The lowest BCUT2D eigenvalue weighted by atomic mass is 10.0. The molecule has 0 saturated carbocycles. The molecule has 1 heterocycles. The molecule has 1 atom stereocenters. The smallest absolute Gasteiger partial charge is 0.0751 e. The van der Waals surface area contributed by atoms with Gasteiger partial charge in [0.25, 0.3) is 0 Å². The number of pyridine rings is 1. The van der Waals surface area contributed by atoms with Crippen LogP contribution in [0.5, 0.6) is 0 Å². The second-order valence-corrected chi connectivity index (χ2v) is 5.02. The summed E-state index contributed by atoms with van der Waals surface area (Å²) in [6.07, 6.45) is 3.93. The standard InChI is InChI=1S/C18H24N2O/c1-2-14-21-15-8-13-20-18(16-9-4-3-5-10-16)17-11-6-7-12-19-17/h3-7,9-12,18,20H,2,8,13-15H2,1H3. The Morgan fingerprint density at radius 1 is 1.05 bits per heavy atom. The Labute approximate surface area is 127 Å². The van der Waals surface area contributed by atoms with E-state index in [0.717, 1.165) is 38.3 Å². The highest BCUT2D eigenvalue weighted by Crippen LogP contribution is 2.19. The van der Waals surface area contributed by atoms with E-state index in [4.69, 9.17) is 4.74 Å². The summed E-state index contributed by atoms with van der Waals surface area (Å²) < 4.78 is 5.52. The average molecular weight is 284 g/mol. The zero-order valence-corrected chi connectivity index (χ0v) is 12.7. The van der Waals surface area contributed by atoms with Crippen LogP contribution >= 0.6 is 0 Å². The molecule has 0 aliphatic heterocycles. The van der Waals surface area contributed by atoms with E-state index in [-0.39, 0.29) is 6.04 Å². The number of hydrogen-bond acceptors (Lipinski definition) is 3. The molecule has 1 N–H and O–H groups in total. The van der Waals surface area contributed by atoms with Gasteiger partial charge in [0.2, 0.25) is 0 Å². The van der Waals surface area contributed by atoms with E-state index in [1.165, 1.54) is 5.56 Å². The number of ether oxygens (including phenoxy) is 1. The third-order valence-corrected chi connectivity index (χ3v) is 3.28. The molecule has 2 aromatic rings. The summed E-state index contributed by atoms with van der Waals surface area (Å²) in [6.45, 7) is 4.71. The summed E-state index contributed by atoms with van der Waals surface area (Å²) in [7, 11) is 0. The predicted molar refractivity (Wildman–Crippen MR) is 86.3 cm³/mol. The molecule has 2 rings (SSSR count). The Kier molecular flexibility index (Phi) is 6.92. The average Bonchev–Trinajstić information content (AvgIpc) is 2.56. The van der Waals surface area contributed by atoms with Crippen molar-refractivity contribution in [1.82, 2.24) is 10.3 Å². The molecule has 0 saturated heterocycles. The van der Waals surface area contributed by atoms with Crippen molar-refractivity contribution in [3.05, 3.63) is 66.0 Å². The SMILES string of the molecule is CCCOCCCNC(c1ccccc1)c1ccccn1. The fourth-order valence-corrected chi connectivity index (χ4v) is 2.25. The van der Waals surface area contributed by atoms with E-state index < -0.39 is 0 Å². The molecule has 0 radical (unpaired) electrons. The fourth-order valence-electron chi connectivity index (χ4n) is 2.25. The van der Waals surface area contributed by atoms with Crippen molar-refractivity contribution < 1.29 is 4.74 Å². The van der Waals surface area contributed by atoms with Gasteiger partial charge in [0.15, 0.2) is 0 Å². The molecule has 0 bridgehead atoms. The van der Waals surface area contributed by atoms with Gasteiger partial charge >= 0.3 is 0 Å². The topological polar surface area (TPSA) is 34.1 Å². The van der Waals surface area contributed by atoms with E-state index in [1.54, 1.807) is 0 Å². The highest BCUT2D eigenvalue weighted by atomic mass is 16.5. The van der Waals surface area contributed by atoms with Crippen molar-refractivity contribution in [2.24, 2.45) is 0 Å². The van der Waals surface area contributed by atoms with Crippen molar-refractivity contribution in [3.63, 3.8) is 0 Å². The molecule has 3 heteroatoms. The Morgan fingerprint density at radius 3 is 2.57 bits per heavy atom. The number of nitrogens with zero attached hydrogens (tertiary/aromatic N) is 1. The van der Waals surface area contributed by atoms with Crippen LogP contribution in [0.3, 0.4) is 0 Å². The van der Waals surface area contributed by atoms with Crippen molar-refractivity contribution in [2.75, 3.05) is 19.8 Å². The number of nitrogens with one attached hydrogen (secondary N) is 1. The Hall–Kier alpha value is -1.71. The van der Waals surface area contributed by atoms with E-state index in [0.29, 0.717) is 0 Å². The number of hydrogen-bond donors (Lipinski definition) is 1. The van der Waals surface area contributed by atoms with Gasteiger partial charge in [-0.25, -0.2) is 0 Å². The predicted octanol–water partition coefficient (Wildman–Crippen LogP) is 3.58. The molecule has 0 spiro atoms. The first-order valence-corrected chi connectivity index (χ1v) is 7.69. The van der Waals surface area contributed by atoms with Gasteiger partial charge in [0, 0.05) is 19.4 Å². The van der Waals surface area contributed by atoms with Crippen LogP contribution in [0.1, 0.15) is 37.1 Å². The minimum absolute atomic E-state index is 0.138. The largest absolute Gasteiger partial charge is 0.381 e. The first-order valence-electron chi connectivity index (χ1n) is 7.69. The van der Waals surface area contributed by atoms with Gasteiger partial charge in [-0.05, 0) is 37.1 Å². The summed E-state index contributed by atoms with van der Waals surface area (Å²) in [5, 5.41) is 3.59. The fraction of sp³-hybridized carbons (Fsp3) is 0.389. The molecular weight excluding hydrogens is 260 g/mol. The van der Waals surface area contributed by atoms with Crippen LogP contribution in [0.15, 0.2) is 54.7 Å². The minimum Gasteiger partial charge on any atom is -0.381 e. The van der Waals surface area contributed by atoms with Crippen LogP contribution in [0.25, 0.3) is 0 Å². The zero-order chi connectivity index (χ0) is 14.8. The highest BCUT2D eigenvalue weighted by Gasteiger charge is 2.13. The molecule has 0 fully saturated rings. The molecule has 112 valence electrons. The van der Waals surface area contributed by atoms with Crippen molar-refractivity contribution in [1.29, 1.82) is 0 Å². The molecule has 0 aliphatic carbocycles. The molecular formula is C18H24N2O. The van der Waals surface area contributed by atoms with E-state index >= 15 is 0 Å². The van der Waals surface area contributed by atoms with Crippen molar-refractivity contribution in [2.45, 2.75) is 25.8 Å². The third kappa shape index (κ3) is 5.29. The molecule has 1 unspecified atom stereocenters. The highest BCUT2D eigenvalue weighted by molar-refractivity contribution is 5.27. The van der Waals surface area contributed by atoms with Gasteiger partial charge in [-0.3, -0.25) is 4.98 Å². The molecule has 0 amide bonds. The maximum atomic E-state index is 5.52. The van der Waals surface area contributed by atoms with Crippen LogP contribution in [-0.4, -0.2) is 24.7 Å². The lowest BCUT2D eigenvalue weighted by Crippen LogP contribution is -2.25. The second-order valence-electron chi connectivity index (χ2n) is 5.02. The maximum Gasteiger partial charge on any atom is 0.0751 e. The summed E-state index contributed by atoms with van der Waals surface area (Å²) in [5.74, 6) is 0. The van der Waals surface area contributed by atoms with Gasteiger partial charge in [-0.1, -0.05) is 43.3 Å². The Morgan fingerprint density at radius 2 is 1.86 bits per heavy atom. The van der Waals surface area contributed by atoms with Crippen LogP contribution in [0.2, 0.25) is 0 Å². The van der Waals surface area contributed by atoms with Gasteiger partial charge in [0.05, 0.1) is 11.7 Å². The van der Waals surface area contributed by atoms with Crippen LogP contribution in [-0.2, 0) is 4.74 Å². The van der Waals surface area contributed by atoms with E-state index in [2.05, 4.69) is 47.6 Å². The third-order valence-electron chi connectivity index (χ3n) is 3.28. The summed E-state index contributed by atoms with van der Waals surface area (Å²) in [6, 6.07) is 16.6. The molecule has 1 aromatic carbocycles. The van der Waals surface area contributed by atoms with Crippen molar-refractivity contribution in [3.8, 4) is 0 Å². The first-order chi connectivity index (χ1) is 10.4. The minimum atomic E-state index is 0.138. The molecule has 0 aliphatic rings. The summed E-state index contributed by atoms with van der Waals surface area (Å²) in [5.41, 5.74) is 2.30. The summed E-state index contributed by atoms with van der Waals surface area (Å²) in [4.78, 5) is 4.49. The molecule has 3 nitrogen and oxygen atoms in total. The lowest BCUT2D eigenvalue weighted by Gasteiger charge is -2.18. The van der Waals surface area contributed by atoms with Crippen LogP contribution in [0, 0.1) is 0 Å². The quantitative estimate of drug-likeness (QED) is 0.715. The molecule has 21 heavy (non-hydrogen) atoms. The normalized spacial score (nSPS) is 12.2. The second kappa shape index (κ2) is 9.27. The molecule has 1 aromatic heterocycles. The van der Waals surface area contributed by atoms with Crippen LogP contribution in [0.4, 0.5) is 0 Å². The first kappa shape index (κ1) is 15.7. The maximum absolute atomic E-state index is 5.52. The van der Waals surface area contributed by atoms with Gasteiger partial charge in [-0.2, -0.15) is 0 Å². The monoisotopic (exact) mass is 284 g/mol. The zero-order valence-electron chi connectivity index (χ0n) is 12.7. The van der Waals surface area contributed by atoms with E-state index in [9.17, 15) is 0 Å². The van der Waals surface area contributed by atoms with Gasteiger partial charge < -0.3 is 10.1 Å².